The molecule has 1 amide bonds. The molecule has 4 N–H and O–H groups in total. The summed E-state index contributed by atoms with van der Waals surface area (Å²) in [7, 11) is 0. The molecule has 0 radical (unpaired) electrons. The van der Waals surface area contributed by atoms with Crippen LogP contribution in [0.1, 0.15) is 21.5 Å². The fraction of sp³-hybridized carbons (Fsp3) is 0.176. The fourth-order valence-electron chi connectivity index (χ4n) is 2.16. The number of benzene rings is 2. The number of carbonyl (C=O) groups excluding carboxylic acids is 1. The molecule has 2 aromatic rings. The molecule has 0 spiro atoms. The zero-order chi connectivity index (χ0) is 17.7. The van der Waals surface area contributed by atoms with Crippen LogP contribution < -0.4 is 15.8 Å². The monoisotopic (exact) mass is 348 g/mol. The zero-order valence-corrected chi connectivity index (χ0v) is 13.8. The number of nitrogens with two attached hydrogens (primary N) is 1. The van der Waals surface area contributed by atoms with E-state index in [1.807, 2.05) is 6.92 Å². The van der Waals surface area contributed by atoms with Gasteiger partial charge in [-0.2, -0.15) is 0 Å². The lowest BCUT2D eigenvalue weighted by molar-refractivity contribution is -0.119. The van der Waals surface area contributed by atoms with E-state index in [0.717, 1.165) is 16.8 Å². The number of anilines is 1. The highest BCUT2D eigenvalue weighted by Gasteiger charge is 2.09. The van der Waals surface area contributed by atoms with Gasteiger partial charge in [0.05, 0.1) is 5.56 Å². The molecule has 0 unspecified atom stereocenters. The van der Waals surface area contributed by atoms with E-state index < -0.39 is 11.9 Å². The van der Waals surface area contributed by atoms with Gasteiger partial charge in [0.15, 0.2) is 6.61 Å². The molecule has 2 rings (SSSR count). The van der Waals surface area contributed by atoms with Crippen molar-refractivity contribution in [2.24, 2.45) is 5.73 Å². The number of aryl methyl sites for hydroxylation is 1. The number of rotatable bonds is 7. The summed E-state index contributed by atoms with van der Waals surface area (Å²) in [6.07, 6.45) is 0. The normalized spacial score (nSPS) is 10.2. The van der Waals surface area contributed by atoms with Crippen LogP contribution in [0.2, 0.25) is 5.02 Å². The summed E-state index contributed by atoms with van der Waals surface area (Å²) < 4.78 is 5.37. The van der Waals surface area contributed by atoms with E-state index in [1.165, 1.54) is 6.07 Å². The van der Waals surface area contributed by atoms with Crippen molar-refractivity contribution in [1.29, 1.82) is 0 Å². The lowest BCUT2D eigenvalue weighted by Gasteiger charge is -2.14. The minimum absolute atomic E-state index is 0.221. The number of amides is 1. The molecule has 0 aliphatic rings. The Morgan fingerprint density at radius 1 is 1.25 bits per heavy atom. The van der Waals surface area contributed by atoms with E-state index >= 15 is 0 Å². The molecule has 0 saturated heterocycles. The quantitative estimate of drug-likeness (QED) is 0.714. The van der Waals surface area contributed by atoms with Crippen LogP contribution in [0.25, 0.3) is 0 Å². The van der Waals surface area contributed by atoms with Gasteiger partial charge in [0.25, 0.3) is 5.91 Å². The van der Waals surface area contributed by atoms with Crippen LogP contribution in [-0.4, -0.2) is 23.6 Å². The van der Waals surface area contributed by atoms with Crippen molar-refractivity contribution >= 4 is 29.2 Å². The van der Waals surface area contributed by atoms with Crippen LogP contribution in [0.3, 0.4) is 0 Å². The number of aromatic carboxylic acids is 1. The Labute approximate surface area is 144 Å². The largest absolute Gasteiger partial charge is 0.483 e. The van der Waals surface area contributed by atoms with Crippen molar-refractivity contribution in [2.45, 2.75) is 13.5 Å². The van der Waals surface area contributed by atoms with E-state index in [1.54, 1.807) is 30.3 Å². The van der Waals surface area contributed by atoms with Crippen molar-refractivity contribution in [2.75, 3.05) is 11.9 Å². The van der Waals surface area contributed by atoms with E-state index in [-0.39, 0.29) is 12.2 Å². The van der Waals surface area contributed by atoms with Gasteiger partial charge in [0, 0.05) is 22.8 Å². The Bertz CT molecular complexity index is 777. The van der Waals surface area contributed by atoms with Gasteiger partial charge < -0.3 is 20.9 Å². The zero-order valence-electron chi connectivity index (χ0n) is 13.0. The Kier molecular flexibility index (Phi) is 5.65. The first-order chi connectivity index (χ1) is 11.4. The maximum Gasteiger partial charge on any atom is 0.335 e. The molecule has 0 aliphatic heterocycles. The molecule has 0 aliphatic carbocycles. The van der Waals surface area contributed by atoms with E-state index in [2.05, 4.69) is 5.32 Å². The maximum absolute atomic E-state index is 11.0. The van der Waals surface area contributed by atoms with Gasteiger partial charge >= 0.3 is 5.97 Å². The highest BCUT2D eigenvalue weighted by molar-refractivity contribution is 6.30. The summed E-state index contributed by atoms with van der Waals surface area (Å²) in [5, 5.41) is 12.7. The number of hydrogen-bond acceptors (Lipinski definition) is 4. The molecular weight excluding hydrogens is 332 g/mol. The van der Waals surface area contributed by atoms with E-state index in [4.69, 9.17) is 27.2 Å². The van der Waals surface area contributed by atoms with Crippen molar-refractivity contribution < 1.29 is 19.4 Å². The van der Waals surface area contributed by atoms with Gasteiger partial charge in [-0.25, -0.2) is 4.79 Å². The van der Waals surface area contributed by atoms with E-state index in [0.29, 0.717) is 17.3 Å². The first kappa shape index (κ1) is 17.6. The van der Waals surface area contributed by atoms with Crippen molar-refractivity contribution in [3.63, 3.8) is 0 Å². The van der Waals surface area contributed by atoms with Crippen LogP contribution in [0.4, 0.5) is 5.69 Å². The number of carbonyl (C=O) groups is 2. The second-order valence-corrected chi connectivity index (χ2v) is 5.63. The van der Waals surface area contributed by atoms with Gasteiger partial charge in [0.1, 0.15) is 5.75 Å². The maximum atomic E-state index is 11.0. The molecule has 7 heteroatoms. The molecule has 0 aromatic heterocycles. The molecule has 126 valence electrons. The number of hydrogen-bond donors (Lipinski definition) is 3. The van der Waals surface area contributed by atoms with Crippen molar-refractivity contribution in [1.82, 2.24) is 0 Å². The lowest BCUT2D eigenvalue weighted by atomic mass is 10.1. The summed E-state index contributed by atoms with van der Waals surface area (Å²) in [5.41, 5.74) is 7.67. The third-order valence-corrected chi connectivity index (χ3v) is 3.57. The number of carboxylic acids is 1. The van der Waals surface area contributed by atoms with Gasteiger partial charge in [0.2, 0.25) is 0 Å². The summed E-state index contributed by atoms with van der Waals surface area (Å²) in [4.78, 5) is 21.8. The second-order valence-electron chi connectivity index (χ2n) is 5.20. The summed E-state index contributed by atoms with van der Waals surface area (Å²) >= 11 is 6.01. The van der Waals surface area contributed by atoms with Crippen LogP contribution >= 0.6 is 11.6 Å². The Morgan fingerprint density at radius 2 is 2.00 bits per heavy atom. The third-order valence-electron chi connectivity index (χ3n) is 3.34. The van der Waals surface area contributed by atoms with Crippen molar-refractivity contribution in [3.8, 4) is 5.75 Å². The van der Waals surface area contributed by atoms with E-state index in [9.17, 15) is 9.59 Å². The van der Waals surface area contributed by atoms with Gasteiger partial charge in [-0.15, -0.1) is 0 Å². The smallest absolute Gasteiger partial charge is 0.335 e. The molecule has 24 heavy (non-hydrogen) atoms. The van der Waals surface area contributed by atoms with Crippen LogP contribution in [-0.2, 0) is 11.3 Å². The van der Waals surface area contributed by atoms with Crippen LogP contribution in [0.5, 0.6) is 5.75 Å². The van der Waals surface area contributed by atoms with Gasteiger partial charge in [-0.1, -0.05) is 11.6 Å². The topological polar surface area (TPSA) is 102 Å². The molecule has 6 nitrogen and oxygen atoms in total. The molecule has 0 heterocycles. The Hall–Kier alpha value is -2.73. The van der Waals surface area contributed by atoms with Gasteiger partial charge in [-0.3, -0.25) is 4.79 Å². The first-order valence-electron chi connectivity index (χ1n) is 7.14. The highest BCUT2D eigenvalue weighted by atomic mass is 35.5. The average Bonchev–Trinajstić information content (AvgIpc) is 2.52. The average molecular weight is 349 g/mol. The molecular formula is C17H17ClN2O4. The molecule has 0 saturated carbocycles. The summed E-state index contributed by atoms with van der Waals surface area (Å²) in [6, 6.07) is 9.88. The van der Waals surface area contributed by atoms with Gasteiger partial charge in [-0.05, 0) is 48.9 Å². The number of carboxylic acid groups (broad SMARTS) is 1. The minimum Gasteiger partial charge on any atom is -0.483 e. The molecule has 0 bridgehead atoms. The molecule has 0 fully saturated rings. The highest BCUT2D eigenvalue weighted by Crippen LogP contribution is 2.25. The third kappa shape index (κ3) is 4.63. The standard InChI is InChI=1S/C17H17ClN2O4/c1-10-6-11(17(22)23)2-4-14(10)20-8-12-7-13(18)3-5-15(12)24-9-16(19)21/h2-7,20H,8-9H2,1H3,(H2,19,21)(H,22,23). The Balaban J connectivity index is 2.15. The number of nitrogens with one attached hydrogen (secondary N) is 1. The fourth-order valence-corrected chi connectivity index (χ4v) is 2.36. The number of ether oxygens (including phenoxy) is 1. The number of primary amides is 1. The second kappa shape index (κ2) is 7.70. The summed E-state index contributed by atoms with van der Waals surface area (Å²) in [6.45, 7) is 1.99. The molecule has 0 atom stereocenters. The van der Waals surface area contributed by atoms with Crippen LogP contribution in [0.15, 0.2) is 36.4 Å². The predicted molar refractivity (Wildman–Crippen MR) is 91.6 cm³/mol. The summed E-state index contributed by atoms with van der Waals surface area (Å²) in [5.74, 6) is -1.03. The lowest BCUT2D eigenvalue weighted by Crippen LogP contribution is -2.20. The van der Waals surface area contributed by atoms with Crippen molar-refractivity contribution in [3.05, 3.63) is 58.1 Å². The SMILES string of the molecule is Cc1cc(C(=O)O)ccc1NCc1cc(Cl)ccc1OCC(N)=O. The van der Waals surface area contributed by atoms with Crippen LogP contribution in [0, 0.1) is 6.92 Å². The first-order valence-corrected chi connectivity index (χ1v) is 7.52. The number of halogens is 1. The molecule has 2 aromatic carbocycles. The minimum atomic E-state index is -0.971. The Morgan fingerprint density at radius 3 is 2.62 bits per heavy atom. The predicted octanol–water partition coefficient (Wildman–Crippen LogP) is 2.82.